The van der Waals surface area contributed by atoms with Crippen LogP contribution in [0.15, 0.2) is 6.20 Å². The molecule has 1 unspecified atom stereocenters. The molecule has 1 saturated heterocycles. The van der Waals surface area contributed by atoms with E-state index in [1.807, 2.05) is 22.6 Å². The van der Waals surface area contributed by atoms with Crippen molar-refractivity contribution in [1.82, 2.24) is 9.97 Å². The molecule has 2 rings (SSSR count). The van der Waals surface area contributed by atoms with E-state index in [2.05, 4.69) is 20.6 Å². The number of esters is 1. The second-order valence-electron chi connectivity index (χ2n) is 3.93. The molecule has 1 aliphatic rings. The van der Waals surface area contributed by atoms with E-state index >= 15 is 0 Å². The number of nitrogens with zero attached hydrogens (tertiary/aromatic N) is 3. The first-order valence-corrected chi connectivity index (χ1v) is 6.52. The molecular formula is C12H10IN3O3. The van der Waals surface area contributed by atoms with Gasteiger partial charge in [0.15, 0.2) is 11.5 Å². The molecule has 98 valence electrons. The Balaban J connectivity index is 2.43. The number of rotatable bonds is 2. The number of carbonyl (C=O) groups excluding carboxylic acids is 2. The predicted octanol–water partition coefficient (Wildman–Crippen LogP) is 0.854. The van der Waals surface area contributed by atoms with E-state index in [4.69, 9.17) is 6.42 Å². The lowest BCUT2D eigenvalue weighted by Crippen LogP contribution is -2.28. The quantitative estimate of drug-likeness (QED) is 0.438. The molecule has 1 aliphatic heterocycles. The highest BCUT2D eigenvalue weighted by molar-refractivity contribution is 14.1. The molecule has 0 N–H and O–H groups in total. The fourth-order valence-corrected chi connectivity index (χ4v) is 2.20. The van der Waals surface area contributed by atoms with Gasteiger partial charge in [0.2, 0.25) is 5.91 Å². The Bertz CT molecular complexity index is 582. The molecule has 1 atom stereocenters. The van der Waals surface area contributed by atoms with Crippen molar-refractivity contribution in [1.29, 1.82) is 0 Å². The molecule has 1 aromatic rings. The van der Waals surface area contributed by atoms with Crippen molar-refractivity contribution >= 4 is 40.3 Å². The molecule has 0 aromatic carbocycles. The van der Waals surface area contributed by atoms with Gasteiger partial charge >= 0.3 is 5.97 Å². The number of hydrogen-bond donors (Lipinski definition) is 0. The first-order valence-electron chi connectivity index (χ1n) is 5.44. The topological polar surface area (TPSA) is 72.4 Å². The first kappa shape index (κ1) is 13.7. The maximum absolute atomic E-state index is 11.9. The third kappa shape index (κ3) is 2.68. The highest BCUT2D eigenvalue weighted by Crippen LogP contribution is 2.25. The van der Waals surface area contributed by atoms with E-state index in [-0.39, 0.29) is 29.8 Å². The Morgan fingerprint density at radius 3 is 3.00 bits per heavy atom. The summed E-state index contributed by atoms with van der Waals surface area (Å²) in [5.74, 6) is 1.79. The van der Waals surface area contributed by atoms with Crippen LogP contribution in [0.25, 0.3) is 0 Å². The molecular weight excluding hydrogens is 361 g/mol. The van der Waals surface area contributed by atoms with Crippen molar-refractivity contribution in [3.8, 4) is 12.3 Å². The number of halogens is 1. The van der Waals surface area contributed by atoms with E-state index in [0.29, 0.717) is 10.2 Å². The van der Waals surface area contributed by atoms with Crippen LogP contribution in [0.2, 0.25) is 0 Å². The molecule has 6 nitrogen and oxygen atoms in total. The zero-order chi connectivity index (χ0) is 14.0. The summed E-state index contributed by atoms with van der Waals surface area (Å²) in [7, 11) is 1.25. The molecule has 0 saturated carbocycles. The minimum Gasteiger partial charge on any atom is -0.464 e. The van der Waals surface area contributed by atoms with Gasteiger partial charge in [-0.05, 0) is 22.6 Å². The van der Waals surface area contributed by atoms with Crippen LogP contribution in [0.5, 0.6) is 0 Å². The summed E-state index contributed by atoms with van der Waals surface area (Å²) in [5, 5.41) is 0. The van der Waals surface area contributed by atoms with Crippen LogP contribution in [-0.2, 0) is 9.53 Å². The SMILES string of the molecule is C#CC1CC(=O)N(c2ncc(I)nc2C(=O)OC)C1. The summed E-state index contributed by atoms with van der Waals surface area (Å²) >= 11 is 1.93. The van der Waals surface area contributed by atoms with Crippen LogP contribution < -0.4 is 4.90 Å². The largest absolute Gasteiger partial charge is 0.464 e. The summed E-state index contributed by atoms with van der Waals surface area (Å²) in [5.41, 5.74) is 0.0282. The second-order valence-corrected chi connectivity index (χ2v) is 5.03. The summed E-state index contributed by atoms with van der Waals surface area (Å²) in [6.45, 7) is 0.342. The first-order chi connectivity index (χ1) is 9.06. The van der Waals surface area contributed by atoms with E-state index in [9.17, 15) is 9.59 Å². The second kappa shape index (κ2) is 5.52. The van der Waals surface area contributed by atoms with Crippen molar-refractivity contribution in [2.75, 3.05) is 18.6 Å². The maximum Gasteiger partial charge on any atom is 0.360 e. The van der Waals surface area contributed by atoms with Gasteiger partial charge in [-0.2, -0.15) is 0 Å². The van der Waals surface area contributed by atoms with E-state index < -0.39 is 5.97 Å². The van der Waals surface area contributed by atoms with Gasteiger partial charge in [0.05, 0.1) is 13.3 Å². The highest BCUT2D eigenvalue weighted by atomic mass is 127. The Morgan fingerprint density at radius 2 is 2.42 bits per heavy atom. The van der Waals surface area contributed by atoms with Gasteiger partial charge in [0.25, 0.3) is 0 Å². The third-order valence-electron chi connectivity index (χ3n) is 2.72. The molecule has 0 spiro atoms. The molecule has 1 aromatic heterocycles. The van der Waals surface area contributed by atoms with Crippen molar-refractivity contribution in [3.63, 3.8) is 0 Å². The molecule has 1 amide bonds. The number of terminal acetylenes is 1. The number of ether oxygens (including phenoxy) is 1. The number of methoxy groups -OCH3 is 1. The number of carbonyl (C=O) groups is 2. The molecule has 2 heterocycles. The molecule has 0 bridgehead atoms. The average molecular weight is 371 g/mol. The van der Waals surface area contributed by atoms with Gasteiger partial charge in [0.1, 0.15) is 3.70 Å². The summed E-state index contributed by atoms with van der Waals surface area (Å²) in [6, 6.07) is 0. The fraction of sp³-hybridized carbons (Fsp3) is 0.333. The predicted molar refractivity (Wildman–Crippen MR) is 75.4 cm³/mol. The smallest absolute Gasteiger partial charge is 0.360 e. The summed E-state index contributed by atoms with van der Waals surface area (Å²) in [4.78, 5) is 33.2. The Hall–Kier alpha value is -1.69. The van der Waals surface area contributed by atoms with Crippen LogP contribution in [-0.4, -0.2) is 35.5 Å². The van der Waals surface area contributed by atoms with Gasteiger partial charge < -0.3 is 4.74 Å². The van der Waals surface area contributed by atoms with E-state index in [1.165, 1.54) is 18.2 Å². The lowest BCUT2D eigenvalue weighted by Gasteiger charge is -2.16. The van der Waals surface area contributed by atoms with Gasteiger partial charge in [-0.1, -0.05) is 0 Å². The highest BCUT2D eigenvalue weighted by Gasteiger charge is 2.33. The summed E-state index contributed by atoms with van der Waals surface area (Å²) in [6.07, 6.45) is 7.07. The van der Waals surface area contributed by atoms with Gasteiger partial charge in [-0.15, -0.1) is 12.3 Å². The van der Waals surface area contributed by atoms with E-state index in [0.717, 1.165) is 0 Å². The zero-order valence-corrected chi connectivity index (χ0v) is 12.2. The normalized spacial score (nSPS) is 18.3. The van der Waals surface area contributed by atoms with Crippen molar-refractivity contribution in [3.05, 3.63) is 15.6 Å². The number of aromatic nitrogens is 2. The van der Waals surface area contributed by atoms with Crippen molar-refractivity contribution < 1.29 is 14.3 Å². The van der Waals surface area contributed by atoms with E-state index in [1.54, 1.807) is 0 Å². The number of anilines is 1. The number of amides is 1. The monoisotopic (exact) mass is 371 g/mol. The Labute approximate surface area is 123 Å². The lowest BCUT2D eigenvalue weighted by molar-refractivity contribution is -0.117. The number of hydrogen-bond acceptors (Lipinski definition) is 5. The average Bonchev–Trinajstić information content (AvgIpc) is 2.79. The van der Waals surface area contributed by atoms with Gasteiger partial charge in [-0.25, -0.2) is 14.8 Å². The van der Waals surface area contributed by atoms with Crippen molar-refractivity contribution in [2.45, 2.75) is 6.42 Å². The van der Waals surface area contributed by atoms with Crippen LogP contribution in [0.4, 0.5) is 5.82 Å². The minimum atomic E-state index is -0.627. The van der Waals surface area contributed by atoms with Gasteiger partial charge in [0, 0.05) is 18.9 Å². The van der Waals surface area contributed by atoms with Crippen molar-refractivity contribution in [2.24, 2.45) is 5.92 Å². The Morgan fingerprint density at radius 1 is 1.68 bits per heavy atom. The molecule has 1 fully saturated rings. The van der Waals surface area contributed by atoms with Gasteiger partial charge in [-0.3, -0.25) is 9.69 Å². The lowest BCUT2D eigenvalue weighted by atomic mass is 10.1. The van der Waals surface area contributed by atoms with Crippen LogP contribution in [0.3, 0.4) is 0 Å². The standard InChI is InChI=1S/C12H10IN3O3/c1-3-7-4-9(17)16(6-7)11-10(12(18)19-2)15-8(13)5-14-11/h1,5,7H,4,6H2,2H3. The molecule has 7 heteroatoms. The molecule has 19 heavy (non-hydrogen) atoms. The fourth-order valence-electron chi connectivity index (χ4n) is 1.82. The molecule has 0 aliphatic carbocycles. The van der Waals surface area contributed by atoms with Crippen LogP contribution in [0, 0.1) is 22.0 Å². The minimum absolute atomic E-state index is 0.0282. The van der Waals surface area contributed by atoms with Crippen LogP contribution >= 0.6 is 22.6 Å². The third-order valence-corrected chi connectivity index (χ3v) is 3.24. The maximum atomic E-state index is 11.9. The molecule has 0 radical (unpaired) electrons. The summed E-state index contributed by atoms with van der Waals surface area (Å²) < 4.78 is 5.20. The Kier molecular flexibility index (Phi) is 3.99. The zero-order valence-electron chi connectivity index (χ0n) is 10.1. The van der Waals surface area contributed by atoms with Crippen LogP contribution in [0.1, 0.15) is 16.9 Å².